The molecule has 0 aromatic carbocycles. The number of fused-ring (bicyclic) bond motifs is 2. The van der Waals surface area contributed by atoms with E-state index in [0.717, 1.165) is 48.9 Å². The van der Waals surface area contributed by atoms with E-state index in [1.807, 2.05) is 29.0 Å². The van der Waals surface area contributed by atoms with Crippen LogP contribution < -0.4 is 4.90 Å². The van der Waals surface area contributed by atoms with Gasteiger partial charge in [-0.2, -0.15) is 5.10 Å². The Morgan fingerprint density at radius 3 is 2.92 bits per heavy atom. The van der Waals surface area contributed by atoms with Gasteiger partial charge >= 0.3 is 0 Å². The average molecular weight is 340 g/mol. The fourth-order valence-corrected chi connectivity index (χ4v) is 3.60. The molecule has 2 aliphatic rings. The van der Waals surface area contributed by atoms with E-state index in [1.54, 1.807) is 0 Å². The van der Waals surface area contributed by atoms with Gasteiger partial charge in [-0.25, -0.2) is 14.5 Å². The van der Waals surface area contributed by atoms with Crippen molar-refractivity contribution in [2.24, 2.45) is 5.92 Å². The lowest BCUT2D eigenvalue weighted by Crippen LogP contribution is -2.26. The van der Waals surface area contributed by atoms with Crippen LogP contribution in [0.2, 0.25) is 5.15 Å². The Balaban J connectivity index is 1.60. The second-order valence-electron chi connectivity index (χ2n) is 6.77. The molecule has 0 radical (unpaired) electrons. The van der Waals surface area contributed by atoms with Crippen LogP contribution in [0.1, 0.15) is 30.4 Å². The van der Waals surface area contributed by atoms with E-state index in [0.29, 0.717) is 5.15 Å². The molecule has 5 nitrogen and oxygen atoms in total. The van der Waals surface area contributed by atoms with Crippen molar-refractivity contribution < 1.29 is 0 Å². The van der Waals surface area contributed by atoms with Crippen LogP contribution in [0.15, 0.2) is 30.7 Å². The highest BCUT2D eigenvalue weighted by Gasteiger charge is 2.26. The normalized spacial score (nSPS) is 17.3. The number of halogens is 1. The second-order valence-corrected chi connectivity index (χ2v) is 7.16. The van der Waals surface area contributed by atoms with Crippen LogP contribution in [0.5, 0.6) is 0 Å². The van der Waals surface area contributed by atoms with Crippen LogP contribution in [-0.4, -0.2) is 26.1 Å². The molecule has 5 rings (SSSR count). The number of hydrogen-bond donors (Lipinski definition) is 0. The minimum Gasteiger partial charge on any atom is -0.325 e. The largest absolute Gasteiger partial charge is 0.325 e. The van der Waals surface area contributed by atoms with E-state index in [2.05, 4.69) is 21.2 Å². The number of anilines is 2. The third-order valence-corrected chi connectivity index (χ3v) is 5.16. The van der Waals surface area contributed by atoms with Gasteiger partial charge in [-0.15, -0.1) is 0 Å². The summed E-state index contributed by atoms with van der Waals surface area (Å²) >= 11 is 5.93. The van der Waals surface area contributed by atoms with Crippen molar-refractivity contribution in [3.63, 3.8) is 0 Å². The zero-order valence-corrected chi connectivity index (χ0v) is 14.1. The summed E-state index contributed by atoms with van der Waals surface area (Å²) in [4.78, 5) is 11.5. The summed E-state index contributed by atoms with van der Waals surface area (Å²) in [6.07, 6.45) is 11.9. The van der Waals surface area contributed by atoms with Crippen molar-refractivity contribution >= 4 is 28.8 Å². The third kappa shape index (κ3) is 2.44. The van der Waals surface area contributed by atoms with Gasteiger partial charge in [0.05, 0.1) is 18.1 Å². The lowest BCUT2D eigenvalue weighted by atomic mass is 10.1. The van der Waals surface area contributed by atoms with E-state index in [1.165, 1.54) is 24.0 Å². The molecule has 1 fully saturated rings. The molecule has 0 saturated heterocycles. The molecule has 0 N–H and O–H groups in total. The minimum absolute atomic E-state index is 0.516. The predicted molar refractivity (Wildman–Crippen MR) is 94.0 cm³/mol. The molecule has 122 valence electrons. The molecule has 3 aromatic rings. The van der Waals surface area contributed by atoms with Crippen molar-refractivity contribution in [3.05, 3.63) is 47.0 Å². The van der Waals surface area contributed by atoms with Gasteiger partial charge in [0, 0.05) is 23.9 Å². The van der Waals surface area contributed by atoms with Crippen LogP contribution in [0.3, 0.4) is 0 Å². The Labute approximate surface area is 145 Å². The highest BCUT2D eigenvalue weighted by atomic mass is 35.5. The second kappa shape index (κ2) is 5.45. The first kappa shape index (κ1) is 14.2. The molecule has 1 saturated carbocycles. The van der Waals surface area contributed by atoms with E-state index in [-0.39, 0.29) is 0 Å². The van der Waals surface area contributed by atoms with Gasteiger partial charge in [0.1, 0.15) is 11.0 Å². The van der Waals surface area contributed by atoms with Gasteiger partial charge in [0.25, 0.3) is 0 Å². The molecule has 0 bridgehead atoms. The summed E-state index contributed by atoms with van der Waals surface area (Å²) in [5.74, 6) is 1.86. The molecular formula is C18H18ClN5. The molecule has 1 aliphatic heterocycles. The Morgan fingerprint density at radius 2 is 2.12 bits per heavy atom. The first-order chi connectivity index (χ1) is 11.8. The van der Waals surface area contributed by atoms with E-state index in [9.17, 15) is 0 Å². The standard InChI is InChI=1S/C18H18ClN5/c19-16-6-5-15(10-20-16)23-7-1-2-13-11-24-18(22-17(13)23)14(9-21-24)8-12-3-4-12/h5-6,9-12H,1-4,7-8H2. The number of aryl methyl sites for hydroxylation is 1. The summed E-state index contributed by atoms with van der Waals surface area (Å²) in [5.41, 5.74) is 4.54. The molecule has 0 spiro atoms. The van der Waals surface area contributed by atoms with Crippen molar-refractivity contribution in [2.75, 3.05) is 11.4 Å². The predicted octanol–water partition coefficient (Wildman–Crippen LogP) is 3.81. The van der Waals surface area contributed by atoms with Crippen LogP contribution >= 0.6 is 11.6 Å². The quantitative estimate of drug-likeness (QED) is 0.681. The van der Waals surface area contributed by atoms with E-state index in [4.69, 9.17) is 16.6 Å². The summed E-state index contributed by atoms with van der Waals surface area (Å²) in [6.45, 7) is 0.950. The Kier molecular flexibility index (Phi) is 3.23. The average Bonchev–Trinajstić information content (AvgIpc) is 3.34. The number of pyridine rings is 1. The fraction of sp³-hybridized carbons (Fsp3) is 0.389. The molecule has 0 unspecified atom stereocenters. The molecule has 0 amide bonds. The molecule has 0 atom stereocenters. The van der Waals surface area contributed by atoms with Crippen LogP contribution in [0, 0.1) is 5.92 Å². The first-order valence-corrected chi connectivity index (χ1v) is 8.91. The number of aromatic nitrogens is 4. The van der Waals surface area contributed by atoms with Crippen LogP contribution in [-0.2, 0) is 12.8 Å². The van der Waals surface area contributed by atoms with Gasteiger partial charge in [0.2, 0.25) is 0 Å². The van der Waals surface area contributed by atoms with Crippen molar-refractivity contribution in [1.29, 1.82) is 0 Å². The van der Waals surface area contributed by atoms with E-state index < -0.39 is 0 Å². The molecule has 4 heterocycles. The SMILES string of the molecule is Clc1ccc(N2CCCc3cn4ncc(CC5CC5)c4nc32)cn1. The molecule has 1 aliphatic carbocycles. The monoisotopic (exact) mass is 339 g/mol. The molecule has 24 heavy (non-hydrogen) atoms. The number of rotatable bonds is 3. The Hall–Kier alpha value is -2.14. The maximum Gasteiger partial charge on any atom is 0.160 e. The van der Waals surface area contributed by atoms with Gasteiger partial charge in [-0.3, -0.25) is 0 Å². The first-order valence-electron chi connectivity index (χ1n) is 8.53. The molecule has 3 aromatic heterocycles. The Morgan fingerprint density at radius 1 is 1.21 bits per heavy atom. The zero-order valence-electron chi connectivity index (χ0n) is 13.3. The van der Waals surface area contributed by atoms with E-state index >= 15 is 0 Å². The summed E-state index contributed by atoms with van der Waals surface area (Å²) in [7, 11) is 0. The van der Waals surface area contributed by atoms with Crippen molar-refractivity contribution in [1.82, 2.24) is 19.6 Å². The van der Waals surface area contributed by atoms with Gasteiger partial charge < -0.3 is 4.90 Å². The maximum atomic E-state index is 5.93. The van der Waals surface area contributed by atoms with Gasteiger partial charge in [-0.05, 0) is 50.2 Å². The minimum atomic E-state index is 0.516. The van der Waals surface area contributed by atoms with Crippen molar-refractivity contribution in [3.8, 4) is 0 Å². The van der Waals surface area contributed by atoms with Gasteiger partial charge in [0.15, 0.2) is 5.65 Å². The summed E-state index contributed by atoms with van der Waals surface area (Å²) < 4.78 is 1.94. The number of hydrogen-bond acceptors (Lipinski definition) is 4. The maximum absolute atomic E-state index is 5.93. The third-order valence-electron chi connectivity index (χ3n) is 4.93. The summed E-state index contributed by atoms with van der Waals surface area (Å²) in [6, 6.07) is 3.85. The van der Waals surface area contributed by atoms with Crippen molar-refractivity contribution in [2.45, 2.75) is 32.1 Å². The fourth-order valence-electron chi connectivity index (χ4n) is 3.49. The topological polar surface area (TPSA) is 46.3 Å². The molecular weight excluding hydrogens is 322 g/mol. The summed E-state index contributed by atoms with van der Waals surface area (Å²) in [5, 5.41) is 5.04. The highest BCUT2D eigenvalue weighted by Crippen LogP contribution is 2.35. The Bertz CT molecular complexity index is 898. The highest BCUT2D eigenvalue weighted by molar-refractivity contribution is 6.29. The smallest absolute Gasteiger partial charge is 0.160 e. The number of nitrogens with zero attached hydrogens (tertiary/aromatic N) is 5. The zero-order chi connectivity index (χ0) is 16.1. The lowest BCUT2D eigenvalue weighted by Gasteiger charge is -2.29. The molecule has 6 heteroatoms. The van der Waals surface area contributed by atoms with Gasteiger partial charge in [-0.1, -0.05) is 11.6 Å². The van der Waals surface area contributed by atoms with Crippen LogP contribution in [0.25, 0.3) is 5.65 Å². The lowest BCUT2D eigenvalue weighted by molar-refractivity contribution is 0.738. The van der Waals surface area contributed by atoms with Crippen LogP contribution in [0.4, 0.5) is 11.5 Å².